The van der Waals surface area contributed by atoms with Crippen LogP contribution in [0.25, 0.3) is 0 Å². The highest BCUT2D eigenvalue weighted by atomic mass is 32.2. The van der Waals surface area contributed by atoms with Crippen LogP contribution >= 0.6 is 0 Å². The van der Waals surface area contributed by atoms with Crippen molar-refractivity contribution in [1.82, 2.24) is 4.72 Å². The van der Waals surface area contributed by atoms with Crippen molar-refractivity contribution in [1.29, 1.82) is 0 Å². The van der Waals surface area contributed by atoms with Crippen molar-refractivity contribution < 1.29 is 13.2 Å². The SMILES string of the molecule is C=CCC(N)C(=O)Nc1ccc(S(=O)(=O)NC2CC2)cc1. The van der Waals surface area contributed by atoms with Gasteiger partial charge in [0, 0.05) is 11.7 Å². The molecule has 0 saturated heterocycles. The number of rotatable bonds is 7. The van der Waals surface area contributed by atoms with E-state index in [4.69, 9.17) is 5.73 Å². The van der Waals surface area contributed by atoms with Gasteiger partial charge in [0.1, 0.15) is 0 Å². The van der Waals surface area contributed by atoms with Crippen LogP contribution in [0, 0.1) is 0 Å². The monoisotopic (exact) mass is 309 g/mol. The highest BCUT2D eigenvalue weighted by Gasteiger charge is 2.27. The van der Waals surface area contributed by atoms with Gasteiger partial charge in [0.15, 0.2) is 0 Å². The van der Waals surface area contributed by atoms with Gasteiger partial charge in [-0.15, -0.1) is 6.58 Å². The molecule has 1 unspecified atom stereocenters. The molecule has 6 nitrogen and oxygen atoms in total. The summed E-state index contributed by atoms with van der Waals surface area (Å²) in [5, 5.41) is 2.63. The molecule has 21 heavy (non-hydrogen) atoms. The standard InChI is InChI=1S/C14H19N3O3S/c1-2-3-13(15)14(18)16-10-6-8-12(9-7-10)21(19,20)17-11-4-5-11/h2,6-9,11,13,17H,1,3-5,15H2,(H,16,18). The maximum atomic E-state index is 12.0. The molecular weight excluding hydrogens is 290 g/mol. The van der Waals surface area contributed by atoms with Gasteiger partial charge in [0.25, 0.3) is 0 Å². The number of nitrogens with one attached hydrogen (secondary N) is 2. The molecule has 1 fully saturated rings. The normalized spacial score (nSPS) is 16.2. The zero-order valence-corrected chi connectivity index (χ0v) is 12.4. The van der Waals surface area contributed by atoms with Crippen molar-refractivity contribution >= 4 is 21.6 Å². The van der Waals surface area contributed by atoms with Gasteiger partial charge >= 0.3 is 0 Å². The number of amides is 1. The molecule has 1 aliphatic rings. The number of benzene rings is 1. The summed E-state index contributed by atoms with van der Waals surface area (Å²) in [6.07, 6.45) is 3.72. The first-order chi connectivity index (χ1) is 9.92. The smallest absolute Gasteiger partial charge is 0.241 e. The van der Waals surface area contributed by atoms with Crippen LogP contribution in [-0.2, 0) is 14.8 Å². The summed E-state index contributed by atoms with van der Waals surface area (Å²) < 4.78 is 26.6. The molecule has 0 bridgehead atoms. The molecule has 1 aromatic carbocycles. The molecular formula is C14H19N3O3S. The fraction of sp³-hybridized carbons (Fsp3) is 0.357. The highest BCUT2D eigenvalue weighted by Crippen LogP contribution is 2.22. The Balaban J connectivity index is 2.01. The van der Waals surface area contributed by atoms with Gasteiger partial charge < -0.3 is 11.1 Å². The second-order valence-corrected chi connectivity index (χ2v) is 6.75. The minimum Gasteiger partial charge on any atom is -0.325 e. The van der Waals surface area contributed by atoms with Crippen molar-refractivity contribution in [3.63, 3.8) is 0 Å². The van der Waals surface area contributed by atoms with Crippen LogP contribution in [0.1, 0.15) is 19.3 Å². The zero-order valence-electron chi connectivity index (χ0n) is 11.6. The Morgan fingerprint density at radius 3 is 2.52 bits per heavy atom. The summed E-state index contributed by atoms with van der Waals surface area (Å²) in [7, 11) is -3.47. The predicted octanol–water partition coefficient (Wildman–Crippen LogP) is 0.969. The maximum absolute atomic E-state index is 12.0. The van der Waals surface area contributed by atoms with E-state index in [9.17, 15) is 13.2 Å². The molecule has 0 radical (unpaired) electrons. The van der Waals surface area contributed by atoms with Crippen molar-refractivity contribution in [2.75, 3.05) is 5.32 Å². The van der Waals surface area contributed by atoms with Gasteiger partial charge in [-0.1, -0.05) is 6.08 Å². The lowest BCUT2D eigenvalue weighted by Gasteiger charge is -2.11. The first kappa shape index (κ1) is 15.7. The van der Waals surface area contributed by atoms with Gasteiger partial charge in [-0.2, -0.15) is 0 Å². The third-order valence-corrected chi connectivity index (χ3v) is 4.63. The van der Waals surface area contributed by atoms with Crippen LogP contribution in [-0.4, -0.2) is 26.4 Å². The average molecular weight is 309 g/mol. The van der Waals surface area contributed by atoms with E-state index in [1.165, 1.54) is 12.1 Å². The van der Waals surface area contributed by atoms with Gasteiger partial charge in [0.2, 0.25) is 15.9 Å². The molecule has 1 amide bonds. The molecule has 0 spiro atoms. The van der Waals surface area contributed by atoms with E-state index < -0.39 is 16.1 Å². The Bertz CT molecular complexity index is 621. The molecule has 1 saturated carbocycles. The van der Waals surface area contributed by atoms with Gasteiger partial charge in [-0.3, -0.25) is 4.79 Å². The van der Waals surface area contributed by atoms with Crippen LogP contribution < -0.4 is 15.8 Å². The molecule has 0 aromatic heterocycles. The Morgan fingerprint density at radius 1 is 1.38 bits per heavy atom. The van der Waals surface area contributed by atoms with Crippen LogP contribution in [0.4, 0.5) is 5.69 Å². The molecule has 0 heterocycles. The summed E-state index contributed by atoms with van der Waals surface area (Å²) in [5.74, 6) is -0.332. The molecule has 7 heteroatoms. The zero-order chi connectivity index (χ0) is 15.5. The van der Waals surface area contributed by atoms with Gasteiger partial charge in [-0.05, 0) is 43.5 Å². The lowest BCUT2D eigenvalue weighted by Crippen LogP contribution is -2.35. The summed E-state index contributed by atoms with van der Waals surface area (Å²) >= 11 is 0. The maximum Gasteiger partial charge on any atom is 0.241 e. The topological polar surface area (TPSA) is 101 Å². The molecule has 4 N–H and O–H groups in total. The third kappa shape index (κ3) is 4.38. The number of hydrogen-bond acceptors (Lipinski definition) is 4. The van der Waals surface area contributed by atoms with Crippen molar-refractivity contribution in [2.45, 2.75) is 36.2 Å². The average Bonchev–Trinajstić information content (AvgIpc) is 3.23. The number of anilines is 1. The van der Waals surface area contributed by atoms with Gasteiger partial charge in [0.05, 0.1) is 10.9 Å². The minimum absolute atomic E-state index is 0.0614. The molecule has 114 valence electrons. The molecule has 1 atom stereocenters. The van der Waals surface area contributed by atoms with Crippen molar-refractivity contribution in [3.05, 3.63) is 36.9 Å². The summed E-state index contributed by atoms with van der Waals surface area (Å²) in [6.45, 7) is 3.52. The first-order valence-electron chi connectivity index (χ1n) is 6.72. The Labute approximate surface area is 124 Å². The van der Waals surface area contributed by atoms with E-state index >= 15 is 0 Å². The lowest BCUT2D eigenvalue weighted by atomic mass is 10.2. The fourth-order valence-electron chi connectivity index (χ4n) is 1.73. The second-order valence-electron chi connectivity index (χ2n) is 5.04. The van der Waals surface area contributed by atoms with E-state index in [1.54, 1.807) is 18.2 Å². The number of carbonyl (C=O) groups is 1. The quantitative estimate of drug-likeness (QED) is 0.653. The molecule has 0 aliphatic heterocycles. The summed E-state index contributed by atoms with van der Waals surface area (Å²) in [5.41, 5.74) is 6.15. The Morgan fingerprint density at radius 2 is 2.00 bits per heavy atom. The third-order valence-electron chi connectivity index (χ3n) is 3.09. The van der Waals surface area contributed by atoms with E-state index in [-0.39, 0.29) is 16.8 Å². The number of carbonyl (C=O) groups excluding carboxylic acids is 1. The second kappa shape index (κ2) is 6.38. The number of hydrogen-bond donors (Lipinski definition) is 3. The molecule has 1 aromatic rings. The van der Waals surface area contributed by atoms with Crippen LogP contribution in [0.15, 0.2) is 41.8 Å². The van der Waals surface area contributed by atoms with E-state index in [1.807, 2.05) is 0 Å². The fourth-order valence-corrected chi connectivity index (χ4v) is 3.03. The van der Waals surface area contributed by atoms with E-state index in [0.717, 1.165) is 12.8 Å². The van der Waals surface area contributed by atoms with Crippen LogP contribution in [0.2, 0.25) is 0 Å². The summed E-state index contributed by atoms with van der Waals surface area (Å²) in [6, 6.07) is 5.40. The number of sulfonamides is 1. The predicted molar refractivity (Wildman–Crippen MR) is 81.2 cm³/mol. The largest absolute Gasteiger partial charge is 0.325 e. The first-order valence-corrected chi connectivity index (χ1v) is 8.20. The van der Waals surface area contributed by atoms with Gasteiger partial charge in [-0.25, -0.2) is 13.1 Å². The minimum atomic E-state index is -3.47. The Kier molecular flexibility index (Phi) is 4.76. The highest BCUT2D eigenvalue weighted by molar-refractivity contribution is 7.89. The molecule has 2 rings (SSSR count). The van der Waals surface area contributed by atoms with E-state index in [2.05, 4.69) is 16.6 Å². The number of nitrogens with two attached hydrogens (primary N) is 1. The summed E-state index contributed by atoms with van der Waals surface area (Å²) in [4.78, 5) is 11.9. The van der Waals surface area contributed by atoms with Crippen molar-refractivity contribution in [2.24, 2.45) is 5.73 Å². The van der Waals surface area contributed by atoms with Crippen LogP contribution in [0.5, 0.6) is 0 Å². The van der Waals surface area contributed by atoms with E-state index in [0.29, 0.717) is 12.1 Å². The Hall–Kier alpha value is -1.70. The van der Waals surface area contributed by atoms with Crippen molar-refractivity contribution in [3.8, 4) is 0 Å². The lowest BCUT2D eigenvalue weighted by molar-refractivity contribution is -0.117. The van der Waals surface area contributed by atoms with Crippen LogP contribution in [0.3, 0.4) is 0 Å². The molecule has 1 aliphatic carbocycles.